The quantitative estimate of drug-likeness (QED) is 0.133. The van der Waals surface area contributed by atoms with Crippen LogP contribution in [0.3, 0.4) is 0 Å². The maximum absolute atomic E-state index is 15.3. The van der Waals surface area contributed by atoms with Gasteiger partial charge >= 0.3 is 0 Å². The highest BCUT2D eigenvalue weighted by Crippen LogP contribution is 2.23. The lowest BCUT2D eigenvalue weighted by Gasteiger charge is -2.07. The van der Waals surface area contributed by atoms with Gasteiger partial charge in [0, 0.05) is 10.9 Å². The Bertz CT molecular complexity index is 1350. The third-order valence-electron chi connectivity index (χ3n) is 7.43. The van der Waals surface area contributed by atoms with Gasteiger partial charge in [0.1, 0.15) is 5.82 Å². The summed E-state index contributed by atoms with van der Waals surface area (Å²) >= 11 is 0. The predicted octanol–water partition coefficient (Wildman–Crippen LogP) is 10.0. The fourth-order valence-corrected chi connectivity index (χ4v) is 4.98. The average molecular weight is 505 g/mol. The normalized spacial score (nSPS) is 10.9. The Kier molecular flexibility index (Phi) is 10.6. The fraction of sp³-hybridized carbons (Fsp3) is 0.351. The first-order valence-electron chi connectivity index (χ1n) is 14.6. The highest BCUT2D eigenvalue weighted by atomic mass is 19.1. The zero-order valence-corrected chi connectivity index (χ0v) is 23.2. The van der Waals surface area contributed by atoms with Crippen molar-refractivity contribution in [2.24, 2.45) is 0 Å². The third-order valence-corrected chi connectivity index (χ3v) is 7.43. The molecule has 0 amide bonds. The van der Waals surface area contributed by atoms with Crippen molar-refractivity contribution >= 4 is 10.8 Å². The van der Waals surface area contributed by atoms with E-state index in [9.17, 15) is 0 Å². The molecule has 0 aliphatic heterocycles. The summed E-state index contributed by atoms with van der Waals surface area (Å²) in [4.78, 5) is 0. The number of hydrogen-bond donors (Lipinski definition) is 0. The molecule has 0 aromatic heterocycles. The van der Waals surface area contributed by atoms with Crippen LogP contribution < -0.4 is 0 Å². The average Bonchev–Trinajstić information content (AvgIpc) is 2.95. The summed E-state index contributed by atoms with van der Waals surface area (Å²) in [6.07, 6.45) is 13.1. The van der Waals surface area contributed by atoms with Gasteiger partial charge in [0.2, 0.25) is 0 Å². The van der Waals surface area contributed by atoms with Gasteiger partial charge in [-0.25, -0.2) is 4.39 Å². The molecule has 0 spiro atoms. The number of unbranched alkanes of at least 4 members (excludes halogenated alkanes) is 5. The highest BCUT2D eigenvalue weighted by molar-refractivity contribution is 5.85. The lowest BCUT2D eigenvalue weighted by Crippen LogP contribution is -1.94. The van der Waals surface area contributed by atoms with Crippen molar-refractivity contribution in [2.75, 3.05) is 0 Å². The molecule has 0 N–H and O–H groups in total. The van der Waals surface area contributed by atoms with Crippen LogP contribution in [0.4, 0.5) is 4.39 Å². The minimum absolute atomic E-state index is 0.229. The molecule has 1 heteroatoms. The van der Waals surface area contributed by atoms with Crippen LogP contribution in [0.5, 0.6) is 0 Å². The predicted molar refractivity (Wildman–Crippen MR) is 161 cm³/mol. The van der Waals surface area contributed by atoms with Crippen molar-refractivity contribution in [3.8, 4) is 11.8 Å². The fourth-order valence-electron chi connectivity index (χ4n) is 4.98. The van der Waals surface area contributed by atoms with Gasteiger partial charge in [0.25, 0.3) is 0 Å². The first-order valence-corrected chi connectivity index (χ1v) is 14.6. The smallest absolute Gasteiger partial charge is 0.146 e. The Morgan fingerprint density at radius 1 is 0.526 bits per heavy atom. The number of hydrogen-bond acceptors (Lipinski definition) is 0. The Balaban J connectivity index is 1.36. The molecule has 4 rings (SSSR count). The maximum Gasteiger partial charge on any atom is 0.146 e. The van der Waals surface area contributed by atoms with E-state index in [0.717, 1.165) is 30.2 Å². The molecule has 0 heterocycles. The van der Waals surface area contributed by atoms with E-state index in [1.165, 1.54) is 73.6 Å². The van der Waals surface area contributed by atoms with Crippen LogP contribution in [0.25, 0.3) is 10.8 Å². The van der Waals surface area contributed by atoms with Crippen LogP contribution in [-0.4, -0.2) is 0 Å². The Morgan fingerprint density at radius 2 is 1.08 bits per heavy atom. The van der Waals surface area contributed by atoms with E-state index in [4.69, 9.17) is 0 Å². The molecule has 0 aliphatic rings. The Labute approximate surface area is 229 Å². The van der Waals surface area contributed by atoms with Gasteiger partial charge in [-0.05, 0) is 84.4 Å². The minimum atomic E-state index is -0.229. The van der Waals surface area contributed by atoms with Crippen molar-refractivity contribution in [2.45, 2.75) is 84.5 Å². The van der Waals surface area contributed by atoms with Crippen LogP contribution in [0.2, 0.25) is 0 Å². The van der Waals surface area contributed by atoms with E-state index in [1.54, 1.807) is 0 Å². The molecule has 0 fully saturated rings. The summed E-state index contributed by atoms with van der Waals surface area (Å²) in [5, 5.41) is 1.57. The molecule has 4 aromatic rings. The zero-order valence-electron chi connectivity index (χ0n) is 23.2. The third kappa shape index (κ3) is 8.06. The second-order valence-corrected chi connectivity index (χ2v) is 10.5. The van der Waals surface area contributed by atoms with Crippen LogP contribution in [0.1, 0.15) is 92.2 Å². The number of fused-ring (bicyclic) bond motifs is 1. The lowest BCUT2D eigenvalue weighted by molar-refractivity contribution is 0.636. The Morgan fingerprint density at radius 3 is 1.76 bits per heavy atom. The van der Waals surface area contributed by atoms with Crippen LogP contribution >= 0.6 is 0 Å². The summed E-state index contributed by atoms with van der Waals surface area (Å²) in [6.45, 7) is 4.48. The summed E-state index contributed by atoms with van der Waals surface area (Å²) < 4.78 is 15.3. The van der Waals surface area contributed by atoms with Crippen LogP contribution in [0, 0.1) is 17.7 Å². The molecular formula is C37H41F. The van der Waals surface area contributed by atoms with Crippen molar-refractivity contribution in [1.29, 1.82) is 0 Å². The molecule has 0 aliphatic carbocycles. The summed E-state index contributed by atoms with van der Waals surface area (Å²) in [5.74, 6) is 5.96. The molecule has 0 radical (unpaired) electrons. The summed E-state index contributed by atoms with van der Waals surface area (Å²) in [6, 6.07) is 27.4. The first-order chi connectivity index (χ1) is 18.7. The molecule has 4 aromatic carbocycles. The SMILES string of the molecule is CCCCCCc1ccc(CCc2ccc3c(F)c(C#Cc4ccc(CCCCC)cc4)ccc3c2)cc1. The zero-order chi connectivity index (χ0) is 26.6. The molecule has 0 unspecified atom stereocenters. The van der Waals surface area contributed by atoms with E-state index in [-0.39, 0.29) is 5.82 Å². The molecule has 38 heavy (non-hydrogen) atoms. The summed E-state index contributed by atoms with van der Waals surface area (Å²) in [5.41, 5.74) is 6.73. The van der Waals surface area contributed by atoms with Gasteiger partial charge in [-0.1, -0.05) is 118 Å². The number of rotatable bonds is 12. The number of benzene rings is 4. The van der Waals surface area contributed by atoms with E-state index < -0.39 is 0 Å². The standard InChI is InChI=1S/C37H41F/c1-3-5-7-9-11-30-12-16-31(17-13-30)20-21-33-23-27-36-35(28-33)26-25-34(37(36)38)24-22-32-18-14-29(15-19-32)10-8-6-4-2/h12-19,23,25-28H,3-11,20-21H2,1-2H3. The van der Waals surface area contributed by atoms with Gasteiger partial charge in [-0.15, -0.1) is 0 Å². The highest BCUT2D eigenvalue weighted by Gasteiger charge is 2.07. The largest absolute Gasteiger partial charge is 0.205 e. The maximum atomic E-state index is 15.3. The Hall–Kier alpha value is -3.37. The lowest BCUT2D eigenvalue weighted by atomic mass is 9.98. The van der Waals surface area contributed by atoms with Crippen LogP contribution in [-0.2, 0) is 25.7 Å². The second-order valence-electron chi connectivity index (χ2n) is 10.5. The van der Waals surface area contributed by atoms with Gasteiger partial charge in [-0.3, -0.25) is 0 Å². The number of aryl methyl sites for hydroxylation is 4. The van der Waals surface area contributed by atoms with Gasteiger partial charge < -0.3 is 0 Å². The molecule has 196 valence electrons. The minimum Gasteiger partial charge on any atom is -0.205 e. The monoisotopic (exact) mass is 504 g/mol. The van der Waals surface area contributed by atoms with Crippen molar-refractivity contribution in [3.05, 3.63) is 118 Å². The van der Waals surface area contributed by atoms with Gasteiger partial charge in [0.15, 0.2) is 0 Å². The first kappa shape index (κ1) is 27.7. The van der Waals surface area contributed by atoms with Gasteiger partial charge in [-0.2, -0.15) is 0 Å². The van der Waals surface area contributed by atoms with E-state index >= 15 is 4.39 Å². The second kappa shape index (κ2) is 14.5. The van der Waals surface area contributed by atoms with E-state index in [2.05, 4.69) is 74.2 Å². The van der Waals surface area contributed by atoms with Crippen molar-refractivity contribution < 1.29 is 4.39 Å². The molecule has 0 bridgehead atoms. The number of halogens is 1. The molecular weight excluding hydrogens is 463 g/mol. The topological polar surface area (TPSA) is 0 Å². The van der Waals surface area contributed by atoms with Crippen molar-refractivity contribution in [1.82, 2.24) is 0 Å². The van der Waals surface area contributed by atoms with Crippen LogP contribution in [0.15, 0.2) is 78.9 Å². The van der Waals surface area contributed by atoms with E-state index in [0.29, 0.717) is 10.9 Å². The molecule has 0 nitrogen and oxygen atoms in total. The van der Waals surface area contributed by atoms with Gasteiger partial charge in [0.05, 0.1) is 5.56 Å². The summed E-state index contributed by atoms with van der Waals surface area (Å²) in [7, 11) is 0. The van der Waals surface area contributed by atoms with E-state index in [1.807, 2.05) is 30.3 Å². The molecule has 0 saturated carbocycles. The molecule has 0 atom stereocenters. The van der Waals surface area contributed by atoms with Crippen molar-refractivity contribution in [3.63, 3.8) is 0 Å². The molecule has 0 saturated heterocycles.